The minimum absolute atomic E-state index is 0.0662. The highest BCUT2D eigenvalue weighted by Gasteiger charge is 2.44. The molecule has 0 bridgehead atoms. The number of carboxylic acids is 1. The van der Waals surface area contributed by atoms with E-state index in [1.807, 2.05) is 6.07 Å². The lowest BCUT2D eigenvalue weighted by atomic mass is 10.1. The van der Waals surface area contributed by atoms with Gasteiger partial charge < -0.3 is 10.2 Å². The predicted molar refractivity (Wildman–Crippen MR) is 82.2 cm³/mol. The van der Waals surface area contributed by atoms with Gasteiger partial charge in [-0.1, -0.05) is 18.2 Å². The number of carboxylic acid groups (broad SMARTS) is 1. The second-order valence-electron chi connectivity index (χ2n) is 4.98. The summed E-state index contributed by atoms with van der Waals surface area (Å²) in [5.41, 5.74) is 12.1. The van der Waals surface area contributed by atoms with Crippen molar-refractivity contribution in [3.8, 4) is 5.75 Å². The number of hydrogen-bond donors (Lipinski definition) is 5. The van der Waals surface area contributed by atoms with E-state index in [-0.39, 0.29) is 5.75 Å². The highest BCUT2D eigenvalue weighted by Crippen LogP contribution is 2.32. The Morgan fingerprint density at radius 2 is 2.14 bits per heavy atom. The molecule has 0 fully saturated rings. The molecule has 114 valence electrons. The molecule has 1 aliphatic heterocycles. The van der Waals surface area contributed by atoms with Crippen LogP contribution in [-0.2, 0) is 4.79 Å². The molecule has 0 amide bonds. The Morgan fingerprint density at radius 3 is 2.86 bits per heavy atom. The van der Waals surface area contributed by atoms with Crippen molar-refractivity contribution in [3.05, 3.63) is 36.4 Å². The molecule has 0 spiro atoms. The fraction of sp³-hybridized carbons (Fsp3) is 0.143. The van der Waals surface area contributed by atoms with Crippen LogP contribution in [-0.4, -0.2) is 34.6 Å². The van der Waals surface area contributed by atoms with E-state index < -0.39 is 18.0 Å². The second-order valence-corrected chi connectivity index (χ2v) is 4.98. The third-order valence-electron chi connectivity index (χ3n) is 3.52. The fourth-order valence-corrected chi connectivity index (χ4v) is 2.43. The first-order valence-corrected chi connectivity index (χ1v) is 6.52. The molecular formula is C14H15N5O3. The molecule has 2 aromatic rings. The van der Waals surface area contributed by atoms with Crippen molar-refractivity contribution in [1.82, 2.24) is 5.32 Å². The van der Waals surface area contributed by atoms with Gasteiger partial charge in [0.2, 0.25) is 0 Å². The minimum Gasteiger partial charge on any atom is -0.508 e. The summed E-state index contributed by atoms with van der Waals surface area (Å²) in [6.07, 6.45) is 0.370. The van der Waals surface area contributed by atoms with Gasteiger partial charge >= 0.3 is 5.97 Å². The standard InChI is InChI=1S/C14H15N5O3/c15-13-17-7-19(14(16,18-13)12(21)22)11-3-1-2-8-4-5-9(20)6-10(8)11/h1-7,13,18,20H,15-16H2,(H,21,22). The van der Waals surface area contributed by atoms with Crippen molar-refractivity contribution in [3.63, 3.8) is 0 Å². The zero-order chi connectivity index (χ0) is 15.9. The van der Waals surface area contributed by atoms with E-state index >= 15 is 0 Å². The number of phenols is 1. The zero-order valence-electron chi connectivity index (χ0n) is 11.5. The van der Waals surface area contributed by atoms with Crippen LogP contribution in [0, 0.1) is 0 Å². The van der Waals surface area contributed by atoms with Gasteiger partial charge in [-0.3, -0.25) is 16.4 Å². The number of anilines is 1. The van der Waals surface area contributed by atoms with Gasteiger partial charge in [-0.2, -0.15) is 0 Å². The zero-order valence-corrected chi connectivity index (χ0v) is 11.5. The summed E-state index contributed by atoms with van der Waals surface area (Å²) in [4.78, 5) is 16.8. The van der Waals surface area contributed by atoms with Crippen molar-refractivity contribution >= 4 is 28.8 Å². The largest absolute Gasteiger partial charge is 0.508 e. The molecule has 0 aromatic heterocycles. The smallest absolute Gasteiger partial charge is 0.361 e. The lowest BCUT2D eigenvalue weighted by Gasteiger charge is -2.41. The van der Waals surface area contributed by atoms with Crippen molar-refractivity contribution in [2.75, 3.05) is 4.90 Å². The molecule has 0 aliphatic carbocycles. The van der Waals surface area contributed by atoms with Crippen LogP contribution >= 0.6 is 0 Å². The maximum Gasteiger partial charge on any atom is 0.361 e. The number of nitrogens with two attached hydrogens (primary N) is 2. The molecule has 0 saturated carbocycles. The number of nitrogens with zero attached hydrogens (tertiary/aromatic N) is 2. The summed E-state index contributed by atoms with van der Waals surface area (Å²) >= 11 is 0. The summed E-state index contributed by atoms with van der Waals surface area (Å²) in [6, 6.07) is 10.1. The van der Waals surface area contributed by atoms with Crippen molar-refractivity contribution in [2.24, 2.45) is 16.5 Å². The third kappa shape index (κ3) is 2.15. The molecule has 0 radical (unpaired) electrons. The Hall–Kier alpha value is -2.68. The van der Waals surface area contributed by atoms with Gasteiger partial charge in [-0.15, -0.1) is 0 Å². The normalized spacial score (nSPS) is 24.6. The fourth-order valence-electron chi connectivity index (χ4n) is 2.43. The quantitative estimate of drug-likeness (QED) is 0.523. The van der Waals surface area contributed by atoms with Crippen LogP contribution in [0.4, 0.5) is 5.69 Å². The highest BCUT2D eigenvalue weighted by atomic mass is 16.4. The van der Waals surface area contributed by atoms with Gasteiger partial charge in [-0.25, -0.2) is 15.1 Å². The van der Waals surface area contributed by atoms with E-state index in [4.69, 9.17) is 11.5 Å². The molecule has 8 heteroatoms. The third-order valence-corrected chi connectivity index (χ3v) is 3.52. The van der Waals surface area contributed by atoms with E-state index in [0.29, 0.717) is 11.1 Å². The molecular weight excluding hydrogens is 286 g/mol. The molecule has 1 aliphatic rings. The molecule has 0 saturated heterocycles. The van der Waals surface area contributed by atoms with Gasteiger partial charge in [0, 0.05) is 5.39 Å². The number of phenolic OH excluding ortho intramolecular Hbond substituents is 1. The Morgan fingerprint density at radius 1 is 1.36 bits per heavy atom. The van der Waals surface area contributed by atoms with Crippen LogP contribution in [0.1, 0.15) is 0 Å². The van der Waals surface area contributed by atoms with E-state index in [0.717, 1.165) is 5.39 Å². The van der Waals surface area contributed by atoms with Gasteiger partial charge in [0.1, 0.15) is 5.75 Å². The highest BCUT2D eigenvalue weighted by molar-refractivity contribution is 6.04. The van der Waals surface area contributed by atoms with Crippen molar-refractivity contribution in [1.29, 1.82) is 0 Å². The van der Waals surface area contributed by atoms with E-state index in [1.54, 1.807) is 24.3 Å². The molecule has 1 heterocycles. The number of aliphatic carboxylic acids is 1. The molecule has 22 heavy (non-hydrogen) atoms. The average molecular weight is 301 g/mol. The van der Waals surface area contributed by atoms with E-state index in [1.165, 1.54) is 17.3 Å². The van der Waals surface area contributed by atoms with Crippen molar-refractivity contribution in [2.45, 2.75) is 12.1 Å². The summed E-state index contributed by atoms with van der Waals surface area (Å²) in [5.74, 6) is -3.18. The topological polar surface area (TPSA) is 137 Å². The second kappa shape index (κ2) is 4.95. The van der Waals surface area contributed by atoms with Crippen LogP contribution in [0.25, 0.3) is 10.8 Å². The number of hydrogen-bond acceptors (Lipinski definition) is 7. The summed E-state index contributed by atoms with van der Waals surface area (Å²) in [6.45, 7) is 0. The number of nitrogens with one attached hydrogen (secondary N) is 1. The van der Waals surface area contributed by atoms with Gasteiger partial charge in [-0.05, 0) is 23.6 Å². The Kier molecular flexibility index (Phi) is 3.21. The number of aromatic hydroxyl groups is 1. The van der Waals surface area contributed by atoms with Gasteiger partial charge in [0.05, 0.1) is 12.0 Å². The molecule has 2 aromatic carbocycles. The number of rotatable bonds is 2. The number of carbonyl (C=O) groups is 1. The van der Waals surface area contributed by atoms with Crippen LogP contribution in [0.3, 0.4) is 0 Å². The lowest BCUT2D eigenvalue weighted by molar-refractivity contribution is -0.144. The van der Waals surface area contributed by atoms with Crippen LogP contribution in [0.15, 0.2) is 41.4 Å². The molecule has 3 rings (SSSR count). The van der Waals surface area contributed by atoms with Crippen molar-refractivity contribution < 1.29 is 15.0 Å². The van der Waals surface area contributed by atoms with Gasteiger partial charge in [0.25, 0.3) is 5.79 Å². The monoisotopic (exact) mass is 301 g/mol. The first kappa shape index (κ1) is 14.3. The first-order chi connectivity index (χ1) is 10.4. The van der Waals surface area contributed by atoms with Crippen LogP contribution < -0.4 is 21.7 Å². The minimum atomic E-state index is -1.94. The first-order valence-electron chi connectivity index (χ1n) is 6.52. The lowest BCUT2D eigenvalue weighted by Crippen LogP contribution is -2.75. The van der Waals surface area contributed by atoms with E-state index in [2.05, 4.69) is 10.3 Å². The summed E-state index contributed by atoms with van der Waals surface area (Å²) in [7, 11) is 0. The number of benzene rings is 2. The maximum absolute atomic E-state index is 11.6. The Bertz CT molecular complexity index is 778. The number of fused-ring (bicyclic) bond motifs is 1. The predicted octanol–water partition coefficient (Wildman–Crippen LogP) is -0.0773. The van der Waals surface area contributed by atoms with Crippen LogP contribution in [0.5, 0.6) is 5.75 Å². The number of aliphatic imine (C=N–C) groups is 1. The molecule has 2 atom stereocenters. The van der Waals surface area contributed by atoms with Crippen LogP contribution in [0.2, 0.25) is 0 Å². The van der Waals surface area contributed by atoms with Gasteiger partial charge in [0.15, 0.2) is 6.29 Å². The SMILES string of the molecule is NC1N=CN(c2cccc3ccc(O)cc23)C(N)(C(=O)O)N1. The summed E-state index contributed by atoms with van der Waals surface area (Å²) < 4.78 is 0. The van der Waals surface area contributed by atoms with E-state index in [9.17, 15) is 15.0 Å². The Labute approximate surface area is 125 Å². The summed E-state index contributed by atoms with van der Waals surface area (Å²) in [5, 5.41) is 23.2. The molecule has 8 nitrogen and oxygen atoms in total. The molecule has 7 N–H and O–H groups in total. The molecule has 2 unspecified atom stereocenters. The average Bonchev–Trinajstić information content (AvgIpc) is 2.47. The Balaban J connectivity index is 2.23. The maximum atomic E-state index is 11.6.